The summed E-state index contributed by atoms with van der Waals surface area (Å²) in [6, 6.07) is 0. The first-order valence-corrected chi connectivity index (χ1v) is 7.11. The minimum atomic E-state index is 0.0374. The molecule has 106 valence electrons. The number of rotatable bonds is 6. The lowest BCUT2D eigenvalue weighted by atomic mass is 9.87. The van der Waals surface area contributed by atoms with Gasteiger partial charge in [0.25, 0.3) is 0 Å². The van der Waals surface area contributed by atoms with Gasteiger partial charge in [0.1, 0.15) is 18.0 Å². The first kappa shape index (κ1) is 14.1. The second-order valence-electron chi connectivity index (χ2n) is 5.44. The van der Waals surface area contributed by atoms with Gasteiger partial charge in [-0.15, -0.1) is 0 Å². The fraction of sp³-hybridized carbons (Fsp3) is 0.714. The van der Waals surface area contributed by atoms with E-state index in [0.717, 1.165) is 43.1 Å². The molecule has 0 spiro atoms. The van der Waals surface area contributed by atoms with Crippen molar-refractivity contribution in [2.75, 3.05) is 30.3 Å². The molecule has 1 saturated carbocycles. The Morgan fingerprint density at radius 3 is 2.42 bits per heavy atom. The van der Waals surface area contributed by atoms with Crippen LogP contribution in [0.5, 0.6) is 0 Å². The largest absolute Gasteiger partial charge is 0.396 e. The van der Waals surface area contributed by atoms with Crippen molar-refractivity contribution in [3.05, 3.63) is 11.9 Å². The van der Waals surface area contributed by atoms with Crippen LogP contribution in [0.15, 0.2) is 6.33 Å². The maximum absolute atomic E-state index is 9.62. The van der Waals surface area contributed by atoms with Crippen LogP contribution in [0.3, 0.4) is 0 Å². The average molecular weight is 264 g/mol. The van der Waals surface area contributed by atoms with Crippen molar-refractivity contribution in [1.82, 2.24) is 9.97 Å². The fourth-order valence-corrected chi connectivity index (χ4v) is 2.76. The van der Waals surface area contributed by atoms with Gasteiger partial charge in [0, 0.05) is 24.1 Å². The van der Waals surface area contributed by atoms with Crippen LogP contribution >= 0.6 is 0 Å². The zero-order valence-corrected chi connectivity index (χ0v) is 11.9. The van der Waals surface area contributed by atoms with Gasteiger partial charge in [-0.1, -0.05) is 12.8 Å². The SMILES string of the molecule is CCNc1ncnc(NCC2(CO)CCCC2)c1C. The molecule has 5 nitrogen and oxygen atoms in total. The Labute approximate surface area is 114 Å². The lowest BCUT2D eigenvalue weighted by Gasteiger charge is -2.27. The Hall–Kier alpha value is -1.36. The van der Waals surface area contributed by atoms with Crippen molar-refractivity contribution in [1.29, 1.82) is 0 Å². The van der Waals surface area contributed by atoms with Gasteiger partial charge in [-0.2, -0.15) is 0 Å². The summed E-state index contributed by atoms with van der Waals surface area (Å²) in [5.74, 6) is 1.75. The van der Waals surface area contributed by atoms with Crippen LogP contribution in [0.4, 0.5) is 11.6 Å². The fourth-order valence-electron chi connectivity index (χ4n) is 2.76. The maximum atomic E-state index is 9.62. The highest BCUT2D eigenvalue weighted by Crippen LogP contribution is 2.37. The van der Waals surface area contributed by atoms with Crippen LogP contribution in [-0.4, -0.2) is 34.8 Å². The number of hydrogen-bond acceptors (Lipinski definition) is 5. The lowest BCUT2D eigenvalue weighted by molar-refractivity contribution is 0.142. The summed E-state index contributed by atoms with van der Waals surface area (Å²) < 4.78 is 0. The summed E-state index contributed by atoms with van der Waals surface area (Å²) in [5, 5.41) is 16.2. The van der Waals surface area contributed by atoms with Gasteiger partial charge in [0.2, 0.25) is 0 Å². The summed E-state index contributed by atoms with van der Waals surface area (Å²) >= 11 is 0. The number of nitrogens with one attached hydrogen (secondary N) is 2. The van der Waals surface area contributed by atoms with Gasteiger partial charge < -0.3 is 15.7 Å². The summed E-state index contributed by atoms with van der Waals surface area (Å²) in [5.41, 5.74) is 1.07. The molecule has 3 N–H and O–H groups in total. The maximum Gasteiger partial charge on any atom is 0.134 e. The van der Waals surface area contributed by atoms with Crippen LogP contribution < -0.4 is 10.6 Å². The van der Waals surface area contributed by atoms with Crippen molar-refractivity contribution in [3.8, 4) is 0 Å². The molecule has 0 bridgehead atoms. The van der Waals surface area contributed by atoms with Gasteiger partial charge in [-0.05, 0) is 26.7 Å². The first-order valence-electron chi connectivity index (χ1n) is 7.11. The number of aliphatic hydroxyl groups is 1. The Kier molecular flexibility index (Phi) is 4.58. The molecule has 0 aliphatic heterocycles. The molecule has 0 aromatic carbocycles. The van der Waals surface area contributed by atoms with E-state index in [-0.39, 0.29) is 12.0 Å². The number of aromatic nitrogens is 2. The minimum absolute atomic E-state index is 0.0374. The Balaban J connectivity index is 2.04. The number of aliphatic hydroxyl groups excluding tert-OH is 1. The third-order valence-corrected chi connectivity index (χ3v) is 4.06. The number of anilines is 2. The molecular weight excluding hydrogens is 240 g/mol. The van der Waals surface area contributed by atoms with E-state index in [4.69, 9.17) is 0 Å². The molecule has 1 aromatic rings. The highest BCUT2D eigenvalue weighted by atomic mass is 16.3. The summed E-state index contributed by atoms with van der Waals surface area (Å²) in [6.45, 7) is 5.95. The molecule has 0 unspecified atom stereocenters. The normalized spacial score (nSPS) is 17.4. The van der Waals surface area contributed by atoms with E-state index in [9.17, 15) is 5.11 Å². The minimum Gasteiger partial charge on any atom is -0.396 e. The van der Waals surface area contributed by atoms with E-state index in [1.807, 2.05) is 13.8 Å². The molecule has 2 rings (SSSR count). The van der Waals surface area contributed by atoms with E-state index >= 15 is 0 Å². The molecule has 1 aromatic heterocycles. The molecule has 1 fully saturated rings. The molecule has 5 heteroatoms. The monoisotopic (exact) mass is 264 g/mol. The first-order chi connectivity index (χ1) is 9.21. The van der Waals surface area contributed by atoms with E-state index in [1.165, 1.54) is 12.8 Å². The van der Waals surface area contributed by atoms with Gasteiger partial charge in [0.15, 0.2) is 0 Å². The third kappa shape index (κ3) is 3.15. The van der Waals surface area contributed by atoms with E-state index in [1.54, 1.807) is 6.33 Å². The summed E-state index contributed by atoms with van der Waals surface area (Å²) in [7, 11) is 0. The van der Waals surface area contributed by atoms with Gasteiger partial charge in [0.05, 0.1) is 6.61 Å². The highest BCUT2D eigenvalue weighted by molar-refractivity contribution is 5.56. The molecule has 19 heavy (non-hydrogen) atoms. The van der Waals surface area contributed by atoms with E-state index in [0.29, 0.717) is 0 Å². The van der Waals surface area contributed by atoms with Crippen LogP contribution in [0.25, 0.3) is 0 Å². The van der Waals surface area contributed by atoms with Crippen LogP contribution in [-0.2, 0) is 0 Å². The molecule has 0 amide bonds. The van der Waals surface area contributed by atoms with Crippen LogP contribution in [0, 0.1) is 12.3 Å². The van der Waals surface area contributed by atoms with Gasteiger partial charge in [-0.25, -0.2) is 9.97 Å². The van der Waals surface area contributed by atoms with Gasteiger partial charge in [-0.3, -0.25) is 0 Å². The summed E-state index contributed by atoms with van der Waals surface area (Å²) in [6.07, 6.45) is 6.20. The Morgan fingerprint density at radius 1 is 1.21 bits per heavy atom. The molecule has 0 atom stereocenters. The number of nitrogens with zero attached hydrogens (tertiary/aromatic N) is 2. The smallest absolute Gasteiger partial charge is 0.134 e. The van der Waals surface area contributed by atoms with Crippen molar-refractivity contribution in [2.24, 2.45) is 5.41 Å². The van der Waals surface area contributed by atoms with Gasteiger partial charge >= 0.3 is 0 Å². The zero-order valence-electron chi connectivity index (χ0n) is 11.9. The predicted octanol–water partition coefficient (Wildman–Crippen LogP) is 2.18. The summed E-state index contributed by atoms with van der Waals surface area (Å²) in [4.78, 5) is 8.54. The van der Waals surface area contributed by atoms with E-state index in [2.05, 4.69) is 20.6 Å². The predicted molar refractivity (Wildman–Crippen MR) is 77.4 cm³/mol. The molecule has 1 aliphatic carbocycles. The third-order valence-electron chi connectivity index (χ3n) is 4.06. The van der Waals surface area contributed by atoms with E-state index < -0.39 is 0 Å². The van der Waals surface area contributed by atoms with Crippen molar-refractivity contribution in [3.63, 3.8) is 0 Å². The zero-order chi connectivity index (χ0) is 13.7. The Bertz CT molecular complexity index is 416. The molecule has 0 radical (unpaired) electrons. The van der Waals surface area contributed by atoms with Crippen LogP contribution in [0.2, 0.25) is 0 Å². The Morgan fingerprint density at radius 2 is 1.84 bits per heavy atom. The lowest BCUT2D eigenvalue weighted by Crippen LogP contribution is -2.31. The molecule has 0 saturated heterocycles. The van der Waals surface area contributed by atoms with Crippen LogP contribution in [0.1, 0.15) is 38.2 Å². The number of hydrogen-bond donors (Lipinski definition) is 3. The molecule has 1 heterocycles. The molecule has 1 aliphatic rings. The highest BCUT2D eigenvalue weighted by Gasteiger charge is 2.33. The van der Waals surface area contributed by atoms with Crippen molar-refractivity contribution >= 4 is 11.6 Å². The average Bonchev–Trinajstić information content (AvgIpc) is 2.89. The second kappa shape index (κ2) is 6.19. The molecular formula is C14H24N4O. The van der Waals surface area contributed by atoms with Crippen molar-refractivity contribution < 1.29 is 5.11 Å². The quantitative estimate of drug-likeness (QED) is 0.734. The topological polar surface area (TPSA) is 70.1 Å². The second-order valence-corrected chi connectivity index (χ2v) is 5.44. The van der Waals surface area contributed by atoms with Crippen molar-refractivity contribution in [2.45, 2.75) is 39.5 Å². The standard InChI is InChI=1S/C14H24N4O/c1-3-15-12-11(2)13(18-10-17-12)16-8-14(9-19)6-4-5-7-14/h10,19H,3-9H2,1-2H3,(H2,15,16,17,18).